The van der Waals surface area contributed by atoms with Crippen LogP contribution in [-0.4, -0.2) is 20.4 Å². The van der Waals surface area contributed by atoms with Gasteiger partial charge in [-0.2, -0.15) is 0 Å². The van der Waals surface area contributed by atoms with Gasteiger partial charge in [0, 0.05) is 8.41 Å². The van der Waals surface area contributed by atoms with Gasteiger partial charge in [-0.3, -0.25) is 4.79 Å². The lowest BCUT2D eigenvalue weighted by Crippen LogP contribution is -2.38. The molecule has 0 saturated heterocycles. The van der Waals surface area contributed by atoms with E-state index in [2.05, 4.69) is 0 Å². The van der Waals surface area contributed by atoms with Crippen molar-refractivity contribution < 1.29 is 4.79 Å². The Morgan fingerprint density at radius 2 is 1.85 bits per heavy atom. The van der Waals surface area contributed by atoms with E-state index in [1.165, 1.54) is 0 Å². The van der Waals surface area contributed by atoms with Crippen molar-refractivity contribution in [3.05, 3.63) is 35.9 Å². The summed E-state index contributed by atoms with van der Waals surface area (Å²) in [5, 5.41) is 0. The van der Waals surface area contributed by atoms with Crippen molar-refractivity contribution in [1.29, 1.82) is 0 Å². The van der Waals surface area contributed by atoms with E-state index in [1.54, 1.807) is 0 Å². The summed E-state index contributed by atoms with van der Waals surface area (Å²) >= 11 is 0. The molecule has 0 bridgehead atoms. The van der Waals surface area contributed by atoms with E-state index in [-0.39, 0.29) is 8.41 Å². The van der Waals surface area contributed by atoms with Crippen LogP contribution in [0.15, 0.2) is 30.3 Å². The molecule has 0 aliphatic carbocycles. The highest BCUT2D eigenvalue weighted by Crippen LogP contribution is 2.00. The van der Waals surface area contributed by atoms with E-state index in [0.717, 1.165) is 5.56 Å². The monoisotopic (exact) mass is 175 g/mol. The van der Waals surface area contributed by atoms with Crippen LogP contribution in [0.1, 0.15) is 5.56 Å². The summed E-state index contributed by atoms with van der Waals surface area (Å²) < 4.78 is 0. The predicted molar refractivity (Wildman–Crippen MR) is 53.1 cm³/mol. The Morgan fingerprint density at radius 3 is 2.31 bits per heavy atom. The van der Waals surface area contributed by atoms with Gasteiger partial charge in [0.25, 0.3) is 0 Å². The summed E-state index contributed by atoms with van der Waals surface area (Å²) in [6.07, 6.45) is 0.510. The number of nitrogens with two attached hydrogens (primary N) is 2. The molecule has 3 nitrogen and oxygen atoms in total. The Labute approximate surface area is 79.7 Å². The molecule has 1 aromatic carbocycles. The Hall–Kier alpha value is -1.29. The Bertz CT molecular complexity index is 264. The van der Waals surface area contributed by atoms with Crippen molar-refractivity contribution in [1.82, 2.24) is 0 Å². The van der Waals surface area contributed by atoms with Crippen LogP contribution in [0.3, 0.4) is 0 Å². The summed E-state index contributed by atoms with van der Waals surface area (Å²) in [4.78, 5) is 10.6. The number of benzene rings is 1. The van der Waals surface area contributed by atoms with E-state index in [0.29, 0.717) is 6.42 Å². The lowest BCUT2D eigenvalue weighted by atomic mass is 10.1. The fourth-order valence-corrected chi connectivity index (χ4v) is 0.969. The summed E-state index contributed by atoms with van der Waals surface area (Å²) in [5.41, 5.74) is 11.5. The van der Waals surface area contributed by atoms with Crippen LogP contribution in [0.4, 0.5) is 0 Å². The standard InChI is InChI=1S/C9H12N2O.B/c10-8(9(11)12)6-7-4-2-1-3-5-7;/h1-5,8H,6,10H2,(H2,11,12);/t8-;/m0./s1. The van der Waals surface area contributed by atoms with Crippen LogP contribution in [0.25, 0.3) is 0 Å². The first kappa shape index (κ1) is 11.7. The van der Waals surface area contributed by atoms with Crippen LogP contribution in [0, 0.1) is 0 Å². The Balaban J connectivity index is 0.00000144. The van der Waals surface area contributed by atoms with Gasteiger partial charge < -0.3 is 11.5 Å². The average Bonchev–Trinajstić information content (AvgIpc) is 2.06. The summed E-state index contributed by atoms with van der Waals surface area (Å²) in [6.45, 7) is 0. The fourth-order valence-electron chi connectivity index (χ4n) is 0.969. The predicted octanol–water partition coefficient (Wildman–Crippen LogP) is -0.339. The third kappa shape index (κ3) is 3.76. The van der Waals surface area contributed by atoms with Crippen LogP contribution < -0.4 is 11.5 Å². The highest BCUT2D eigenvalue weighted by atomic mass is 16.1. The van der Waals surface area contributed by atoms with Crippen LogP contribution in [0.5, 0.6) is 0 Å². The maximum atomic E-state index is 10.6. The minimum Gasteiger partial charge on any atom is -0.368 e. The van der Waals surface area contributed by atoms with Crippen LogP contribution >= 0.6 is 0 Å². The van der Waals surface area contributed by atoms with Gasteiger partial charge in [-0.25, -0.2) is 0 Å². The highest BCUT2D eigenvalue weighted by molar-refractivity contribution is 5.79. The van der Waals surface area contributed by atoms with Gasteiger partial charge >= 0.3 is 0 Å². The maximum Gasteiger partial charge on any atom is 0.234 e. The molecule has 3 radical (unpaired) electrons. The molecule has 1 aromatic rings. The van der Waals surface area contributed by atoms with Gasteiger partial charge in [0.2, 0.25) is 5.91 Å². The quantitative estimate of drug-likeness (QED) is 0.617. The highest BCUT2D eigenvalue weighted by Gasteiger charge is 2.08. The molecule has 0 unspecified atom stereocenters. The largest absolute Gasteiger partial charge is 0.368 e. The average molecular weight is 175 g/mol. The fraction of sp³-hybridized carbons (Fsp3) is 0.222. The third-order valence-electron chi connectivity index (χ3n) is 1.66. The number of hydrogen-bond donors (Lipinski definition) is 2. The molecule has 0 aliphatic heterocycles. The SMILES string of the molecule is NC(=O)[C@@H](N)Cc1ccccc1.[B]. The molecule has 0 aromatic heterocycles. The van der Waals surface area contributed by atoms with Gasteiger partial charge in [0.15, 0.2) is 0 Å². The number of carbonyl (C=O) groups is 1. The molecule has 67 valence electrons. The molecule has 0 spiro atoms. The van der Waals surface area contributed by atoms with Crippen molar-refractivity contribution in [3.63, 3.8) is 0 Å². The second kappa shape index (κ2) is 5.38. The minimum absolute atomic E-state index is 0. The van der Waals surface area contributed by atoms with Crippen molar-refractivity contribution in [2.24, 2.45) is 11.5 Å². The van der Waals surface area contributed by atoms with Gasteiger partial charge in [0.05, 0.1) is 6.04 Å². The van der Waals surface area contributed by atoms with Crippen LogP contribution in [-0.2, 0) is 11.2 Å². The second-order valence-electron chi connectivity index (χ2n) is 2.70. The van der Waals surface area contributed by atoms with E-state index in [1.807, 2.05) is 30.3 Å². The number of hydrogen-bond acceptors (Lipinski definition) is 2. The van der Waals surface area contributed by atoms with E-state index in [9.17, 15) is 4.79 Å². The molecule has 4 heteroatoms. The van der Waals surface area contributed by atoms with Gasteiger partial charge in [-0.15, -0.1) is 0 Å². The molecule has 0 aliphatic rings. The van der Waals surface area contributed by atoms with Crippen LogP contribution in [0.2, 0.25) is 0 Å². The third-order valence-corrected chi connectivity index (χ3v) is 1.66. The van der Waals surface area contributed by atoms with E-state index in [4.69, 9.17) is 11.5 Å². The van der Waals surface area contributed by atoms with Crippen molar-refractivity contribution >= 4 is 14.3 Å². The molecule has 1 rings (SSSR count). The number of carbonyl (C=O) groups excluding carboxylic acids is 1. The first-order valence-corrected chi connectivity index (χ1v) is 3.79. The number of rotatable bonds is 3. The normalized spacial score (nSPS) is 11.5. The molecule has 0 heterocycles. The molecule has 1 atom stereocenters. The van der Waals surface area contributed by atoms with Gasteiger partial charge in [-0.1, -0.05) is 30.3 Å². The van der Waals surface area contributed by atoms with Crippen molar-refractivity contribution in [3.8, 4) is 0 Å². The lowest BCUT2D eigenvalue weighted by molar-refractivity contribution is -0.119. The lowest BCUT2D eigenvalue weighted by Gasteiger charge is -2.06. The molecular weight excluding hydrogens is 163 g/mol. The molecule has 13 heavy (non-hydrogen) atoms. The summed E-state index contributed by atoms with van der Waals surface area (Å²) in [7, 11) is 0. The Kier molecular flexibility index (Phi) is 4.84. The second-order valence-corrected chi connectivity index (χ2v) is 2.70. The molecule has 1 amide bonds. The summed E-state index contributed by atoms with van der Waals surface area (Å²) in [6, 6.07) is 8.99. The zero-order chi connectivity index (χ0) is 8.97. The molecule has 0 fully saturated rings. The zero-order valence-corrected chi connectivity index (χ0v) is 7.31. The minimum atomic E-state index is -0.576. The van der Waals surface area contributed by atoms with Crippen molar-refractivity contribution in [2.45, 2.75) is 12.5 Å². The smallest absolute Gasteiger partial charge is 0.234 e. The topological polar surface area (TPSA) is 69.1 Å². The maximum absolute atomic E-state index is 10.6. The Morgan fingerprint density at radius 1 is 1.31 bits per heavy atom. The zero-order valence-electron chi connectivity index (χ0n) is 7.31. The molecular formula is C9H12BN2O. The molecule has 0 saturated carbocycles. The number of amides is 1. The van der Waals surface area contributed by atoms with Gasteiger partial charge in [0.1, 0.15) is 0 Å². The van der Waals surface area contributed by atoms with E-state index < -0.39 is 11.9 Å². The van der Waals surface area contributed by atoms with Gasteiger partial charge in [-0.05, 0) is 12.0 Å². The first-order chi connectivity index (χ1) is 5.70. The van der Waals surface area contributed by atoms with Crippen molar-refractivity contribution in [2.75, 3.05) is 0 Å². The summed E-state index contributed by atoms with van der Waals surface area (Å²) in [5.74, 6) is -0.459. The molecule has 4 N–H and O–H groups in total. The number of primary amides is 1. The van der Waals surface area contributed by atoms with E-state index >= 15 is 0 Å². The first-order valence-electron chi connectivity index (χ1n) is 3.79.